The minimum atomic E-state index is 0.0222. The second-order valence-electron chi connectivity index (χ2n) is 7.66. The van der Waals surface area contributed by atoms with Gasteiger partial charge in [-0.3, -0.25) is 4.79 Å². The number of rotatable bonds is 8. The first-order chi connectivity index (χ1) is 15.2. The summed E-state index contributed by atoms with van der Waals surface area (Å²) >= 11 is 6.46. The molecule has 7 heteroatoms. The van der Waals surface area contributed by atoms with Gasteiger partial charge in [0.05, 0.1) is 18.6 Å². The third-order valence-electron chi connectivity index (χ3n) is 5.44. The molecule has 0 atom stereocenters. The highest BCUT2D eigenvalue weighted by Crippen LogP contribution is 2.28. The standard InChI is InChI=1S/C24H26ClN3O3/c25-21-14-19(28-24(29)13-17-7-10-30-11-8-17)6-5-18(21)9-12-31-23-4-2-1-3-20(23)22-15-26-16-27-22/h1-6,14-17H,7-13H2,(H,26,27)(H,28,29). The lowest BCUT2D eigenvalue weighted by molar-refractivity contribution is -0.117. The van der Waals surface area contributed by atoms with Gasteiger partial charge in [-0.25, -0.2) is 4.98 Å². The summed E-state index contributed by atoms with van der Waals surface area (Å²) in [6.45, 7) is 1.97. The molecule has 0 aliphatic carbocycles. The van der Waals surface area contributed by atoms with Gasteiger partial charge in [-0.1, -0.05) is 29.8 Å². The number of imidazole rings is 1. The molecule has 162 valence electrons. The van der Waals surface area contributed by atoms with Gasteiger partial charge in [0.2, 0.25) is 5.91 Å². The number of amides is 1. The Morgan fingerprint density at radius 1 is 1.23 bits per heavy atom. The highest BCUT2D eigenvalue weighted by atomic mass is 35.5. The lowest BCUT2D eigenvalue weighted by Gasteiger charge is -2.21. The number of halogens is 1. The van der Waals surface area contributed by atoms with Crippen LogP contribution in [0.15, 0.2) is 55.0 Å². The molecule has 3 aromatic rings. The van der Waals surface area contributed by atoms with Gasteiger partial charge in [0.15, 0.2) is 0 Å². The average Bonchev–Trinajstić information content (AvgIpc) is 3.31. The number of benzene rings is 2. The fraction of sp³-hybridized carbons (Fsp3) is 0.333. The van der Waals surface area contributed by atoms with Crippen LogP contribution in [-0.2, 0) is 16.0 Å². The van der Waals surface area contributed by atoms with E-state index in [0.29, 0.717) is 30.4 Å². The van der Waals surface area contributed by atoms with E-state index in [1.54, 1.807) is 12.4 Å². The van der Waals surface area contributed by atoms with Crippen molar-refractivity contribution in [3.8, 4) is 17.0 Å². The number of nitrogens with zero attached hydrogens (tertiary/aromatic N) is 1. The zero-order valence-electron chi connectivity index (χ0n) is 17.3. The Morgan fingerprint density at radius 2 is 2.06 bits per heavy atom. The first-order valence-electron chi connectivity index (χ1n) is 10.6. The van der Waals surface area contributed by atoms with Crippen LogP contribution in [0.2, 0.25) is 5.02 Å². The maximum Gasteiger partial charge on any atom is 0.224 e. The van der Waals surface area contributed by atoms with Crippen LogP contribution >= 0.6 is 11.6 Å². The van der Waals surface area contributed by atoms with Crippen LogP contribution in [0.5, 0.6) is 5.75 Å². The van der Waals surface area contributed by atoms with Gasteiger partial charge in [-0.15, -0.1) is 0 Å². The van der Waals surface area contributed by atoms with E-state index < -0.39 is 0 Å². The fourth-order valence-electron chi connectivity index (χ4n) is 3.74. The van der Waals surface area contributed by atoms with Gasteiger partial charge in [-0.05, 0) is 48.6 Å². The van der Waals surface area contributed by atoms with E-state index in [-0.39, 0.29) is 5.91 Å². The molecule has 0 unspecified atom stereocenters. The summed E-state index contributed by atoms with van der Waals surface area (Å²) in [6, 6.07) is 13.4. The van der Waals surface area contributed by atoms with Crippen molar-refractivity contribution < 1.29 is 14.3 Å². The second kappa shape index (κ2) is 10.5. The summed E-state index contributed by atoms with van der Waals surface area (Å²) in [4.78, 5) is 19.6. The summed E-state index contributed by atoms with van der Waals surface area (Å²) in [5.41, 5.74) is 3.48. The number of hydrogen-bond acceptors (Lipinski definition) is 4. The Hall–Kier alpha value is -2.83. The molecule has 1 aliphatic heterocycles. The van der Waals surface area contributed by atoms with Gasteiger partial charge in [0.1, 0.15) is 5.75 Å². The number of ether oxygens (including phenoxy) is 2. The molecule has 2 aromatic carbocycles. The molecule has 4 rings (SSSR count). The van der Waals surface area contributed by atoms with E-state index >= 15 is 0 Å². The number of hydrogen-bond donors (Lipinski definition) is 2. The van der Waals surface area contributed by atoms with Crippen molar-refractivity contribution in [2.75, 3.05) is 25.1 Å². The first-order valence-corrected chi connectivity index (χ1v) is 10.9. The molecule has 1 fully saturated rings. The minimum Gasteiger partial charge on any atom is -0.493 e. The number of H-pyrrole nitrogens is 1. The lowest BCUT2D eigenvalue weighted by atomic mass is 9.96. The van der Waals surface area contributed by atoms with Crippen LogP contribution in [0.25, 0.3) is 11.3 Å². The number of anilines is 1. The largest absolute Gasteiger partial charge is 0.493 e. The van der Waals surface area contributed by atoms with Crippen molar-refractivity contribution in [3.63, 3.8) is 0 Å². The average molecular weight is 440 g/mol. The molecular weight excluding hydrogens is 414 g/mol. The van der Waals surface area contributed by atoms with Gasteiger partial charge < -0.3 is 19.8 Å². The molecule has 1 saturated heterocycles. The summed E-state index contributed by atoms with van der Waals surface area (Å²) in [5.74, 6) is 1.20. The van der Waals surface area contributed by atoms with Crippen molar-refractivity contribution in [3.05, 3.63) is 65.6 Å². The number of carbonyl (C=O) groups excluding carboxylic acids is 1. The van der Waals surface area contributed by atoms with E-state index in [4.69, 9.17) is 21.1 Å². The van der Waals surface area contributed by atoms with Crippen LogP contribution in [0.3, 0.4) is 0 Å². The van der Waals surface area contributed by atoms with Gasteiger partial charge in [-0.2, -0.15) is 0 Å². The lowest BCUT2D eigenvalue weighted by Crippen LogP contribution is -2.22. The maximum absolute atomic E-state index is 12.3. The summed E-state index contributed by atoms with van der Waals surface area (Å²) in [6.07, 6.45) is 6.55. The molecule has 31 heavy (non-hydrogen) atoms. The van der Waals surface area contributed by atoms with Crippen LogP contribution in [-0.4, -0.2) is 35.7 Å². The normalized spacial score (nSPS) is 14.4. The topological polar surface area (TPSA) is 76.2 Å². The van der Waals surface area contributed by atoms with Gasteiger partial charge in [0.25, 0.3) is 0 Å². The van der Waals surface area contributed by atoms with Crippen LogP contribution in [0, 0.1) is 5.92 Å². The second-order valence-corrected chi connectivity index (χ2v) is 8.07. The fourth-order valence-corrected chi connectivity index (χ4v) is 4.01. The summed E-state index contributed by atoms with van der Waals surface area (Å²) < 4.78 is 11.4. The summed E-state index contributed by atoms with van der Waals surface area (Å²) in [7, 11) is 0. The third-order valence-corrected chi connectivity index (χ3v) is 5.79. The number of carbonyl (C=O) groups is 1. The molecule has 6 nitrogen and oxygen atoms in total. The summed E-state index contributed by atoms with van der Waals surface area (Å²) in [5, 5.41) is 3.58. The molecular formula is C24H26ClN3O3. The Kier molecular flexibility index (Phi) is 7.22. The Balaban J connectivity index is 1.31. The van der Waals surface area contributed by atoms with E-state index in [1.165, 1.54) is 0 Å². The zero-order chi connectivity index (χ0) is 21.5. The van der Waals surface area contributed by atoms with Crippen LogP contribution in [0.4, 0.5) is 5.69 Å². The molecule has 0 radical (unpaired) electrons. The molecule has 2 heterocycles. The van der Waals surface area contributed by atoms with Crippen molar-refractivity contribution >= 4 is 23.2 Å². The Morgan fingerprint density at radius 3 is 2.84 bits per heavy atom. The van der Waals surface area contributed by atoms with E-state index in [2.05, 4.69) is 15.3 Å². The number of aromatic nitrogens is 2. The van der Waals surface area contributed by atoms with Crippen molar-refractivity contribution in [1.29, 1.82) is 0 Å². The smallest absolute Gasteiger partial charge is 0.224 e. The number of para-hydroxylation sites is 1. The SMILES string of the molecule is O=C(CC1CCOCC1)Nc1ccc(CCOc2ccccc2-c2c[nH]cn2)c(Cl)c1. The van der Waals surface area contributed by atoms with E-state index in [9.17, 15) is 4.79 Å². The molecule has 1 amide bonds. The van der Waals surface area contributed by atoms with E-state index in [1.807, 2.05) is 42.6 Å². The monoisotopic (exact) mass is 439 g/mol. The maximum atomic E-state index is 12.3. The Labute approximate surface area is 186 Å². The highest BCUT2D eigenvalue weighted by Gasteiger charge is 2.17. The molecule has 0 spiro atoms. The quantitative estimate of drug-likeness (QED) is 0.511. The zero-order valence-corrected chi connectivity index (χ0v) is 18.0. The minimum absolute atomic E-state index is 0.0222. The van der Waals surface area contributed by atoms with Crippen molar-refractivity contribution in [2.24, 2.45) is 5.92 Å². The van der Waals surface area contributed by atoms with Crippen LogP contribution in [0.1, 0.15) is 24.8 Å². The third kappa shape index (κ3) is 5.87. The highest BCUT2D eigenvalue weighted by molar-refractivity contribution is 6.31. The van der Waals surface area contributed by atoms with E-state index in [0.717, 1.165) is 54.3 Å². The predicted molar refractivity (Wildman–Crippen MR) is 121 cm³/mol. The number of nitrogens with one attached hydrogen (secondary N) is 2. The Bertz CT molecular complexity index is 1000. The number of aromatic amines is 1. The van der Waals surface area contributed by atoms with Crippen molar-refractivity contribution in [1.82, 2.24) is 9.97 Å². The molecule has 0 bridgehead atoms. The molecule has 1 aliphatic rings. The molecule has 2 N–H and O–H groups in total. The van der Waals surface area contributed by atoms with Crippen LogP contribution < -0.4 is 10.1 Å². The molecule has 1 aromatic heterocycles. The molecule has 0 saturated carbocycles. The van der Waals surface area contributed by atoms with Gasteiger partial charge >= 0.3 is 0 Å². The first kappa shape index (κ1) is 21.4. The predicted octanol–water partition coefficient (Wildman–Crippen LogP) is 5.11. The van der Waals surface area contributed by atoms with Crippen molar-refractivity contribution in [2.45, 2.75) is 25.7 Å². The van der Waals surface area contributed by atoms with Gasteiger partial charge in [0, 0.05) is 48.5 Å².